The van der Waals surface area contributed by atoms with E-state index in [-0.39, 0.29) is 60.9 Å². The third-order valence-corrected chi connectivity index (χ3v) is 14.2. The van der Waals surface area contributed by atoms with Crippen LogP contribution in [0.1, 0.15) is 77.0 Å². The number of hydrogen-bond acceptors (Lipinski definition) is 12. The second-order valence-corrected chi connectivity index (χ2v) is 20.1. The highest BCUT2D eigenvalue weighted by atomic mass is 32.1. The Kier molecular flexibility index (Phi) is 16.0. The minimum absolute atomic E-state index is 0.0193. The molecule has 4 amide bonds. The molecule has 8 rings (SSSR count). The largest absolute Gasteiger partial charge is 0.496 e. The fourth-order valence-corrected chi connectivity index (χ4v) is 9.97. The minimum Gasteiger partial charge on any atom is -0.496 e. The fourth-order valence-electron chi connectivity index (χ4n) is 9.16. The van der Waals surface area contributed by atoms with E-state index in [9.17, 15) is 28.7 Å². The molecule has 3 N–H and O–H groups in total. The number of hydrogen-bond donors (Lipinski definition) is 3. The fraction of sp³-hybridized carbons (Fsp3) is 0.415. The van der Waals surface area contributed by atoms with Gasteiger partial charge in [-0.25, -0.2) is 24.3 Å². The number of fused-ring (bicyclic) bond motifs is 1. The number of aryl methyl sites for hydroxylation is 1. The number of nitrogens with one attached hydrogen (secondary N) is 2. The van der Waals surface area contributed by atoms with Gasteiger partial charge in [-0.05, 0) is 60.6 Å². The highest BCUT2D eigenvalue weighted by Crippen LogP contribution is 2.34. The number of anilines is 1. The van der Waals surface area contributed by atoms with Gasteiger partial charge in [0.15, 0.2) is 5.82 Å². The maximum Gasteiger partial charge on any atom is 0.245 e. The van der Waals surface area contributed by atoms with Crippen LogP contribution >= 0.6 is 11.3 Å². The summed E-state index contributed by atoms with van der Waals surface area (Å²) < 4.78 is 20.2. The molecule has 1 unspecified atom stereocenters. The molecule has 0 saturated carbocycles. The van der Waals surface area contributed by atoms with E-state index < -0.39 is 29.3 Å². The molecule has 0 radical (unpaired) electrons. The average molecular weight is 985 g/mol. The number of piperazine rings is 1. The number of aliphatic imine (C=N–C) groups is 1. The quantitative estimate of drug-likeness (QED) is 0.0596. The van der Waals surface area contributed by atoms with Crippen molar-refractivity contribution in [3.05, 3.63) is 95.5 Å². The number of likely N-dealkylation sites (tertiary alicyclic amines) is 1. The van der Waals surface area contributed by atoms with Crippen LogP contribution in [-0.2, 0) is 25.7 Å². The molecular formula is C53H61FN10O6S. The van der Waals surface area contributed by atoms with E-state index >= 15 is 0 Å². The van der Waals surface area contributed by atoms with E-state index in [1.807, 2.05) is 86.6 Å². The van der Waals surface area contributed by atoms with Crippen LogP contribution < -0.4 is 15.0 Å². The third-order valence-electron chi connectivity index (χ3n) is 13.2. The summed E-state index contributed by atoms with van der Waals surface area (Å²) in [6.45, 7) is 10.5. The zero-order valence-electron chi connectivity index (χ0n) is 40.9. The molecule has 0 bridgehead atoms. The number of aromatic nitrogens is 5. The zero-order chi connectivity index (χ0) is 50.2. The topological polar surface area (TPSA) is 199 Å². The number of amides is 4. The number of benzene rings is 3. The second kappa shape index (κ2) is 22.4. The lowest BCUT2D eigenvalue weighted by Gasteiger charge is -2.36. The molecule has 3 atom stereocenters. The molecule has 0 aliphatic carbocycles. The number of carbonyl (C=O) groups excluding carboxylic acids is 4. The number of halogens is 1. The van der Waals surface area contributed by atoms with Crippen molar-refractivity contribution in [1.82, 2.24) is 40.3 Å². The SMILES string of the molecule is COc1cccc(F)c1-c1ncc2[nH]nc(-c3ccc(N4CCN(C(=O)CCCCCCC(=O)N=CC(C(=O)N5C[C@H](O)C[C@H]5C(=O)NCc5ccc(-c6scnc6C)cc5)C(C)(C)C)CC4)cc3)c2n1. The lowest BCUT2D eigenvalue weighted by molar-refractivity contribution is -0.142. The van der Waals surface area contributed by atoms with E-state index in [2.05, 4.69) is 40.4 Å². The highest BCUT2D eigenvalue weighted by molar-refractivity contribution is 7.13. The number of aliphatic hydroxyl groups excluding tert-OH is 1. The number of carbonyl (C=O) groups is 4. The van der Waals surface area contributed by atoms with E-state index in [0.717, 1.165) is 52.2 Å². The summed E-state index contributed by atoms with van der Waals surface area (Å²) in [5.41, 5.74) is 7.99. The Balaban J connectivity index is 0.747. The Bertz CT molecular complexity index is 2870. The van der Waals surface area contributed by atoms with E-state index in [0.29, 0.717) is 61.5 Å². The molecule has 18 heteroatoms. The van der Waals surface area contributed by atoms with Crippen molar-refractivity contribution in [3.8, 4) is 38.8 Å². The smallest absolute Gasteiger partial charge is 0.245 e. The van der Waals surface area contributed by atoms with Gasteiger partial charge in [0, 0.05) is 76.0 Å². The van der Waals surface area contributed by atoms with Crippen molar-refractivity contribution in [2.24, 2.45) is 16.3 Å². The summed E-state index contributed by atoms with van der Waals surface area (Å²) >= 11 is 1.58. The molecule has 2 fully saturated rings. The molecule has 372 valence electrons. The molecule has 2 aliphatic rings. The van der Waals surface area contributed by atoms with E-state index in [1.165, 1.54) is 24.3 Å². The second-order valence-electron chi connectivity index (χ2n) is 19.3. The summed E-state index contributed by atoms with van der Waals surface area (Å²) in [6.07, 6.45) is 5.82. The van der Waals surface area contributed by atoms with Crippen molar-refractivity contribution >= 4 is 57.9 Å². The highest BCUT2D eigenvalue weighted by Gasteiger charge is 2.43. The Hall–Kier alpha value is -6.92. The van der Waals surface area contributed by atoms with Gasteiger partial charge in [-0.1, -0.05) is 76.1 Å². The maximum atomic E-state index is 14.8. The first-order chi connectivity index (χ1) is 34.2. The molecule has 3 aromatic carbocycles. The van der Waals surface area contributed by atoms with Gasteiger partial charge >= 0.3 is 0 Å². The first kappa shape index (κ1) is 50.5. The summed E-state index contributed by atoms with van der Waals surface area (Å²) in [5, 5.41) is 21.0. The molecule has 71 heavy (non-hydrogen) atoms. The lowest BCUT2D eigenvalue weighted by atomic mass is 9.80. The Morgan fingerprint density at radius 3 is 2.37 bits per heavy atom. The number of aromatic amines is 1. The lowest BCUT2D eigenvalue weighted by Crippen LogP contribution is -2.50. The van der Waals surface area contributed by atoms with Crippen LogP contribution in [0.2, 0.25) is 0 Å². The van der Waals surface area contributed by atoms with Gasteiger partial charge in [0.05, 0.1) is 47.0 Å². The standard InChI is InChI=1S/C53H61FN10O6S/c1-33-49(71-32-58-33)36-17-15-34(16-18-36)28-57-51(68)42-27-38(65)31-64(42)52(69)39(53(2,3)4)29-55-44(66)13-8-6-7-9-14-45(67)63-25-23-62(24-26-63)37-21-19-35(20-22-37)47-48-41(60-61-47)30-56-50(59-48)46-40(54)11-10-12-43(46)70-5/h10-12,15-22,29-30,32,38-39,42,65H,6-9,13-14,23-28,31H2,1-5H3,(H,57,68)(H,60,61)/t38-,39?,42+/m1/s1. The van der Waals surface area contributed by atoms with Crippen LogP contribution in [0, 0.1) is 24.1 Å². The number of unbranched alkanes of at least 4 members (excludes halogenated alkanes) is 3. The monoisotopic (exact) mass is 984 g/mol. The predicted octanol–water partition coefficient (Wildman–Crippen LogP) is 7.79. The number of thiazole rings is 1. The molecule has 0 spiro atoms. The first-order valence-corrected chi connectivity index (χ1v) is 25.1. The van der Waals surface area contributed by atoms with Crippen molar-refractivity contribution < 1.29 is 33.4 Å². The first-order valence-electron chi connectivity index (χ1n) is 24.2. The third kappa shape index (κ3) is 12.0. The summed E-state index contributed by atoms with van der Waals surface area (Å²) in [5.74, 6) is -1.64. The van der Waals surface area contributed by atoms with Gasteiger partial charge in [0.2, 0.25) is 23.6 Å². The van der Waals surface area contributed by atoms with E-state index in [1.54, 1.807) is 29.7 Å². The van der Waals surface area contributed by atoms with Gasteiger partial charge in [0.25, 0.3) is 0 Å². The zero-order valence-corrected chi connectivity index (χ0v) is 41.7. The number of ether oxygens (including phenoxy) is 1. The Morgan fingerprint density at radius 1 is 0.958 bits per heavy atom. The number of rotatable bonds is 17. The van der Waals surface area contributed by atoms with Crippen LogP contribution in [0.25, 0.3) is 44.1 Å². The van der Waals surface area contributed by atoms with Crippen LogP contribution in [0.15, 0.2) is 83.4 Å². The van der Waals surface area contributed by atoms with Gasteiger partial charge < -0.3 is 29.9 Å². The van der Waals surface area contributed by atoms with Gasteiger partial charge in [0.1, 0.15) is 34.3 Å². The number of methoxy groups -OCH3 is 1. The Morgan fingerprint density at radius 2 is 1.68 bits per heavy atom. The van der Waals surface area contributed by atoms with Crippen LogP contribution in [0.3, 0.4) is 0 Å². The number of H-pyrrole nitrogens is 1. The van der Waals surface area contributed by atoms with Crippen LogP contribution in [0.5, 0.6) is 5.75 Å². The van der Waals surface area contributed by atoms with Crippen molar-refractivity contribution in [3.63, 3.8) is 0 Å². The van der Waals surface area contributed by atoms with Crippen LogP contribution in [0.4, 0.5) is 10.1 Å². The summed E-state index contributed by atoms with van der Waals surface area (Å²) in [7, 11) is 1.48. The van der Waals surface area contributed by atoms with E-state index in [4.69, 9.17) is 4.74 Å². The van der Waals surface area contributed by atoms with Gasteiger partial charge in [-0.2, -0.15) is 5.10 Å². The maximum absolute atomic E-state index is 14.8. The van der Waals surface area contributed by atoms with Gasteiger partial charge in [-0.15, -0.1) is 11.3 Å². The van der Waals surface area contributed by atoms with Crippen molar-refractivity contribution in [1.29, 1.82) is 0 Å². The number of aliphatic hydroxyl groups is 1. The Labute approximate surface area is 416 Å². The molecule has 3 aromatic heterocycles. The number of nitrogens with zero attached hydrogens (tertiary/aromatic N) is 8. The van der Waals surface area contributed by atoms with Crippen LogP contribution in [-0.4, -0.2) is 122 Å². The summed E-state index contributed by atoms with van der Waals surface area (Å²) in [6, 6.07) is 19.6. The molecule has 2 aliphatic heterocycles. The molecule has 6 aromatic rings. The average Bonchev–Trinajstić information content (AvgIpc) is 4.11. The predicted molar refractivity (Wildman–Crippen MR) is 272 cm³/mol. The summed E-state index contributed by atoms with van der Waals surface area (Å²) in [4.78, 5) is 77.8. The molecular weight excluding hydrogens is 924 g/mol. The molecule has 16 nitrogen and oxygen atoms in total. The molecule has 5 heterocycles. The normalized spacial score (nSPS) is 16.7. The molecule has 2 saturated heterocycles. The number of β-amino-alcohol motifs (C(OH)–C–C–N with tert-alkyl or cyclic N) is 1. The minimum atomic E-state index is -0.850. The van der Waals surface area contributed by atoms with Crippen molar-refractivity contribution in [2.45, 2.75) is 91.3 Å². The van der Waals surface area contributed by atoms with Gasteiger partial charge in [-0.3, -0.25) is 24.3 Å². The van der Waals surface area contributed by atoms with Crippen molar-refractivity contribution in [2.75, 3.05) is 44.7 Å².